The summed E-state index contributed by atoms with van der Waals surface area (Å²) < 4.78 is 4.50. The van der Waals surface area contributed by atoms with Crippen molar-refractivity contribution in [2.45, 2.75) is 34.1 Å². The number of urea groups is 1. The van der Waals surface area contributed by atoms with Gasteiger partial charge in [-0.15, -0.1) is 0 Å². The quantitative estimate of drug-likeness (QED) is 0.746. The summed E-state index contributed by atoms with van der Waals surface area (Å²) in [6, 6.07) is 0.0514. The highest BCUT2D eigenvalue weighted by molar-refractivity contribution is 7.10. The van der Waals surface area contributed by atoms with Gasteiger partial charge in [0.15, 0.2) is 0 Å². The molecule has 1 aliphatic heterocycles. The first-order valence-electron chi connectivity index (χ1n) is 7.97. The van der Waals surface area contributed by atoms with E-state index in [1.54, 1.807) is 0 Å². The predicted molar refractivity (Wildman–Crippen MR) is 96.9 cm³/mol. The molecule has 0 aromatic carbocycles. The van der Waals surface area contributed by atoms with Crippen molar-refractivity contribution in [2.75, 3.05) is 31.3 Å². The van der Waals surface area contributed by atoms with Gasteiger partial charge in [-0.05, 0) is 38.7 Å². The first-order valence-corrected chi connectivity index (χ1v) is 8.74. The molecule has 2 heterocycles. The van der Waals surface area contributed by atoms with Gasteiger partial charge in [0, 0.05) is 18.7 Å². The number of anilines is 1. The summed E-state index contributed by atoms with van der Waals surface area (Å²) in [4.78, 5) is 18.8. The van der Waals surface area contributed by atoms with Crippen molar-refractivity contribution < 1.29 is 4.79 Å². The lowest BCUT2D eigenvalue weighted by Gasteiger charge is -2.41. The zero-order valence-corrected chi connectivity index (χ0v) is 15.3. The number of rotatable bonds is 6. The Kier molecular flexibility index (Phi) is 5.96. The second-order valence-corrected chi connectivity index (χ2v) is 6.74. The third-order valence-corrected chi connectivity index (χ3v) is 4.86. The largest absolute Gasteiger partial charge is 0.327 e. The van der Waals surface area contributed by atoms with Gasteiger partial charge in [0.05, 0.1) is 19.0 Å². The number of allylic oxidation sites excluding steroid dienone is 1. The zero-order chi connectivity index (χ0) is 17.0. The van der Waals surface area contributed by atoms with Crippen LogP contribution in [0.2, 0.25) is 0 Å². The van der Waals surface area contributed by atoms with E-state index in [1.165, 1.54) is 11.5 Å². The van der Waals surface area contributed by atoms with E-state index in [-0.39, 0.29) is 6.03 Å². The van der Waals surface area contributed by atoms with E-state index in [2.05, 4.69) is 29.7 Å². The average molecular weight is 334 g/mol. The smallest absolute Gasteiger partial charge is 0.308 e. The molecule has 1 aromatic heterocycles. The minimum Gasteiger partial charge on any atom is -0.308 e. The molecule has 0 spiro atoms. The molecule has 1 saturated heterocycles. The fraction of sp³-hybridized carbons (Fsp3) is 0.529. The Morgan fingerprint density at radius 1 is 1.43 bits per heavy atom. The number of hydrogen-bond donors (Lipinski definition) is 0. The molecular weight excluding hydrogens is 308 g/mol. The molecule has 0 N–H and O–H groups in total. The SMILES string of the molecule is C=C(C)CN1CN(C/C=C/C)C(=O)N(c2snc(CC)c2C)C1. The highest BCUT2D eigenvalue weighted by atomic mass is 32.1. The molecule has 0 atom stereocenters. The minimum absolute atomic E-state index is 0.0514. The van der Waals surface area contributed by atoms with Crippen LogP contribution in [0, 0.1) is 6.92 Å². The lowest BCUT2D eigenvalue weighted by atomic mass is 10.2. The number of nitrogens with zero attached hydrogens (tertiary/aromatic N) is 4. The predicted octanol–water partition coefficient (Wildman–Crippen LogP) is 3.63. The van der Waals surface area contributed by atoms with Crippen molar-refractivity contribution in [3.05, 3.63) is 35.6 Å². The Balaban J connectivity index is 2.28. The van der Waals surface area contributed by atoms with Gasteiger partial charge < -0.3 is 4.90 Å². The normalized spacial score (nSPS) is 16.6. The van der Waals surface area contributed by atoms with Crippen LogP contribution in [0.5, 0.6) is 0 Å². The van der Waals surface area contributed by atoms with Gasteiger partial charge in [-0.1, -0.05) is 31.2 Å². The van der Waals surface area contributed by atoms with E-state index in [0.29, 0.717) is 19.9 Å². The van der Waals surface area contributed by atoms with Crippen LogP contribution in [-0.2, 0) is 6.42 Å². The highest BCUT2D eigenvalue weighted by Crippen LogP contribution is 2.31. The molecule has 1 aromatic rings. The molecule has 1 aliphatic rings. The van der Waals surface area contributed by atoms with E-state index < -0.39 is 0 Å². The maximum Gasteiger partial charge on any atom is 0.327 e. The van der Waals surface area contributed by atoms with E-state index >= 15 is 0 Å². The molecule has 23 heavy (non-hydrogen) atoms. The van der Waals surface area contributed by atoms with Gasteiger partial charge >= 0.3 is 6.03 Å². The van der Waals surface area contributed by atoms with Crippen LogP contribution in [0.3, 0.4) is 0 Å². The monoisotopic (exact) mass is 334 g/mol. The molecule has 1 fully saturated rings. The first kappa shape index (κ1) is 17.7. The molecule has 2 amide bonds. The summed E-state index contributed by atoms with van der Waals surface area (Å²) in [6.45, 7) is 14.8. The Hall–Kier alpha value is -1.66. The fourth-order valence-electron chi connectivity index (χ4n) is 2.72. The molecule has 0 radical (unpaired) electrons. The van der Waals surface area contributed by atoms with Gasteiger partial charge in [0.25, 0.3) is 0 Å². The second-order valence-electron chi connectivity index (χ2n) is 5.98. The summed E-state index contributed by atoms with van der Waals surface area (Å²) >= 11 is 1.42. The molecule has 0 saturated carbocycles. The number of aryl methyl sites for hydroxylation is 1. The third-order valence-electron chi connectivity index (χ3n) is 3.84. The zero-order valence-electron chi connectivity index (χ0n) is 14.5. The summed E-state index contributed by atoms with van der Waals surface area (Å²) in [5.74, 6) is 0. The Labute approximate surface area is 143 Å². The van der Waals surface area contributed by atoms with Gasteiger partial charge in [-0.3, -0.25) is 9.80 Å². The molecule has 0 aliphatic carbocycles. The van der Waals surface area contributed by atoms with Crippen LogP contribution in [-0.4, -0.2) is 46.6 Å². The van der Waals surface area contributed by atoms with E-state index in [9.17, 15) is 4.79 Å². The van der Waals surface area contributed by atoms with Crippen molar-refractivity contribution in [2.24, 2.45) is 0 Å². The topological polar surface area (TPSA) is 39.7 Å². The summed E-state index contributed by atoms with van der Waals surface area (Å²) in [6.07, 6.45) is 4.88. The molecule has 0 unspecified atom stereocenters. The van der Waals surface area contributed by atoms with Gasteiger partial charge in [0.2, 0.25) is 0 Å². The molecule has 2 rings (SSSR count). The highest BCUT2D eigenvalue weighted by Gasteiger charge is 2.32. The fourth-order valence-corrected chi connectivity index (χ4v) is 3.67. The van der Waals surface area contributed by atoms with Crippen molar-refractivity contribution in [3.8, 4) is 0 Å². The molecule has 126 valence electrons. The summed E-state index contributed by atoms with van der Waals surface area (Å²) in [5, 5.41) is 0.962. The third kappa shape index (κ3) is 4.00. The van der Waals surface area contributed by atoms with Crippen LogP contribution in [0.25, 0.3) is 0 Å². The number of aromatic nitrogens is 1. The van der Waals surface area contributed by atoms with Gasteiger partial charge in [-0.25, -0.2) is 4.79 Å². The van der Waals surface area contributed by atoms with Crippen LogP contribution in [0.15, 0.2) is 24.3 Å². The van der Waals surface area contributed by atoms with Crippen LogP contribution >= 0.6 is 11.5 Å². The average Bonchev–Trinajstić information content (AvgIpc) is 2.87. The standard InChI is InChI=1S/C17H26N4OS/c1-6-8-9-20-11-19(10-13(3)4)12-21(17(20)22)16-14(5)15(7-2)18-23-16/h6,8H,3,7,9-12H2,1-2,4-5H3/b8-6+. The van der Waals surface area contributed by atoms with E-state index in [1.807, 2.05) is 35.8 Å². The van der Waals surface area contributed by atoms with E-state index in [0.717, 1.165) is 34.8 Å². The number of amides is 2. The molecule has 6 heteroatoms. The minimum atomic E-state index is 0.0514. The molecule has 5 nitrogen and oxygen atoms in total. The molecule has 0 bridgehead atoms. The molecular formula is C17H26N4OS. The summed E-state index contributed by atoms with van der Waals surface area (Å²) in [5.41, 5.74) is 3.30. The van der Waals surface area contributed by atoms with E-state index in [4.69, 9.17) is 0 Å². The van der Waals surface area contributed by atoms with Gasteiger partial charge in [0.1, 0.15) is 5.00 Å². The second kappa shape index (κ2) is 7.75. The van der Waals surface area contributed by atoms with Gasteiger partial charge in [-0.2, -0.15) is 4.37 Å². The first-order chi connectivity index (χ1) is 11.0. The Morgan fingerprint density at radius 3 is 2.74 bits per heavy atom. The van der Waals surface area contributed by atoms with Crippen molar-refractivity contribution in [3.63, 3.8) is 0 Å². The maximum atomic E-state index is 12.9. The Bertz CT molecular complexity index is 608. The lowest BCUT2D eigenvalue weighted by Crippen LogP contribution is -2.58. The summed E-state index contributed by atoms with van der Waals surface area (Å²) in [7, 11) is 0. The van der Waals surface area contributed by atoms with Crippen LogP contribution < -0.4 is 4.90 Å². The lowest BCUT2D eigenvalue weighted by molar-refractivity contribution is 0.129. The number of carbonyl (C=O) groups is 1. The number of carbonyl (C=O) groups excluding carboxylic acids is 1. The van der Waals surface area contributed by atoms with Crippen molar-refractivity contribution >= 4 is 22.6 Å². The van der Waals surface area contributed by atoms with Crippen molar-refractivity contribution in [1.29, 1.82) is 0 Å². The Morgan fingerprint density at radius 2 is 2.17 bits per heavy atom. The van der Waals surface area contributed by atoms with Crippen LogP contribution in [0.1, 0.15) is 32.0 Å². The van der Waals surface area contributed by atoms with Crippen molar-refractivity contribution in [1.82, 2.24) is 14.2 Å². The maximum absolute atomic E-state index is 12.9. The van der Waals surface area contributed by atoms with Crippen LogP contribution in [0.4, 0.5) is 9.80 Å². The number of hydrogen-bond acceptors (Lipinski definition) is 4.